The Kier molecular flexibility index (Phi) is 5.53. The Hall–Kier alpha value is -1.74. The molecule has 0 radical (unpaired) electrons. The van der Waals surface area contributed by atoms with Crippen LogP contribution in [-0.2, 0) is 0 Å². The van der Waals surface area contributed by atoms with E-state index in [4.69, 9.17) is 8.85 Å². The van der Waals surface area contributed by atoms with E-state index in [9.17, 15) is 0 Å². The molecule has 0 amide bonds. The fraction of sp³-hybridized carbons (Fsp3) is 0.400. The smallest absolute Gasteiger partial charge is 0.459 e. The molecule has 0 aliphatic heterocycles. The van der Waals surface area contributed by atoms with Gasteiger partial charge in [-0.1, -0.05) is 26.0 Å². The second-order valence-corrected chi connectivity index (χ2v) is 10.1. The molecule has 0 unspecified atom stereocenters. The lowest BCUT2D eigenvalue weighted by Gasteiger charge is -2.30. The Morgan fingerprint density at radius 1 is 0.609 bits per heavy atom. The second kappa shape index (κ2) is 7.22. The van der Waals surface area contributed by atoms with E-state index >= 15 is 0 Å². The molecule has 0 aliphatic rings. The van der Waals surface area contributed by atoms with Crippen molar-refractivity contribution in [3.8, 4) is 11.5 Å². The van der Waals surface area contributed by atoms with E-state index in [0.29, 0.717) is 0 Å². The first-order valence-corrected chi connectivity index (χ1v) is 10.6. The normalized spacial score (nSPS) is 11.4. The molecule has 0 bridgehead atoms. The van der Waals surface area contributed by atoms with Crippen LogP contribution in [0.5, 0.6) is 11.5 Å². The van der Waals surface area contributed by atoms with Gasteiger partial charge in [-0.25, -0.2) is 0 Å². The Morgan fingerprint density at radius 2 is 0.913 bits per heavy atom. The van der Waals surface area contributed by atoms with E-state index in [1.807, 2.05) is 0 Å². The van der Waals surface area contributed by atoms with Crippen molar-refractivity contribution < 1.29 is 8.85 Å². The fourth-order valence-corrected chi connectivity index (χ4v) is 5.19. The topological polar surface area (TPSA) is 18.5 Å². The van der Waals surface area contributed by atoms with Gasteiger partial charge < -0.3 is 8.85 Å². The highest BCUT2D eigenvalue weighted by atomic mass is 28.4. The zero-order chi connectivity index (χ0) is 17.0. The average molecular weight is 329 g/mol. The van der Waals surface area contributed by atoms with Crippen molar-refractivity contribution >= 4 is 8.56 Å². The predicted molar refractivity (Wildman–Crippen MR) is 99.8 cm³/mol. The van der Waals surface area contributed by atoms with E-state index < -0.39 is 8.56 Å². The van der Waals surface area contributed by atoms with Gasteiger partial charge in [0.05, 0.1) is 0 Å². The molecule has 2 nitrogen and oxygen atoms in total. The lowest BCUT2D eigenvalue weighted by molar-refractivity contribution is 0.381. The van der Waals surface area contributed by atoms with Crippen molar-refractivity contribution in [3.05, 3.63) is 58.7 Å². The van der Waals surface area contributed by atoms with Crippen LogP contribution >= 0.6 is 0 Å². The Balaban J connectivity index is 2.30. The molecule has 3 heteroatoms. The van der Waals surface area contributed by atoms with Crippen molar-refractivity contribution in [1.82, 2.24) is 0 Å². The summed E-state index contributed by atoms with van der Waals surface area (Å²) in [6.45, 7) is 12.7. The van der Waals surface area contributed by atoms with Gasteiger partial charge in [0.15, 0.2) is 0 Å². The Morgan fingerprint density at radius 3 is 1.17 bits per heavy atom. The van der Waals surface area contributed by atoms with Gasteiger partial charge in [0.1, 0.15) is 11.5 Å². The quantitative estimate of drug-likeness (QED) is 0.618. The first-order valence-electron chi connectivity index (χ1n) is 8.40. The molecular weight excluding hydrogens is 300 g/mol. The highest BCUT2D eigenvalue weighted by molar-refractivity contribution is 6.68. The third kappa shape index (κ3) is 4.61. The number of hydrogen-bond donors (Lipinski definition) is 0. The van der Waals surface area contributed by atoms with Gasteiger partial charge in [0.25, 0.3) is 0 Å². The molecule has 0 N–H and O–H groups in total. The summed E-state index contributed by atoms with van der Waals surface area (Å²) in [5, 5.41) is 0. The largest absolute Gasteiger partial charge is 0.512 e. The van der Waals surface area contributed by atoms with Gasteiger partial charge in [0.2, 0.25) is 0 Å². The number of hydrogen-bond acceptors (Lipinski definition) is 2. The zero-order valence-electron chi connectivity index (χ0n) is 15.2. The van der Waals surface area contributed by atoms with Crippen molar-refractivity contribution in [2.45, 2.75) is 53.6 Å². The molecule has 0 fully saturated rings. The number of rotatable bonds is 6. The van der Waals surface area contributed by atoms with Crippen molar-refractivity contribution in [2.75, 3.05) is 0 Å². The number of aryl methyl sites for hydroxylation is 4. The van der Waals surface area contributed by atoms with Crippen LogP contribution in [0, 0.1) is 27.7 Å². The molecule has 23 heavy (non-hydrogen) atoms. The summed E-state index contributed by atoms with van der Waals surface area (Å²) in [5.74, 6) is 1.87. The summed E-state index contributed by atoms with van der Waals surface area (Å²) in [7, 11) is -2.32. The summed E-state index contributed by atoms with van der Waals surface area (Å²) in [6, 6.07) is 14.6. The van der Waals surface area contributed by atoms with Crippen LogP contribution in [0.1, 0.15) is 36.1 Å². The monoisotopic (exact) mass is 328 g/mol. The maximum atomic E-state index is 6.46. The molecule has 0 heterocycles. The maximum Gasteiger partial charge on any atom is 0.459 e. The zero-order valence-corrected chi connectivity index (χ0v) is 16.2. The molecule has 2 rings (SSSR count). The van der Waals surface area contributed by atoms with Crippen molar-refractivity contribution in [2.24, 2.45) is 0 Å². The predicted octanol–water partition coefficient (Wildman–Crippen LogP) is 5.86. The van der Waals surface area contributed by atoms with E-state index in [-0.39, 0.29) is 0 Å². The third-order valence-corrected chi connectivity index (χ3v) is 7.45. The molecule has 0 saturated carbocycles. The average Bonchev–Trinajstić information content (AvgIpc) is 2.44. The van der Waals surface area contributed by atoms with Gasteiger partial charge >= 0.3 is 8.56 Å². The first kappa shape index (κ1) is 17.6. The minimum atomic E-state index is -2.32. The van der Waals surface area contributed by atoms with Gasteiger partial charge in [-0.15, -0.1) is 0 Å². The van der Waals surface area contributed by atoms with Gasteiger partial charge in [0, 0.05) is 12.1 Å². The molecule has 0 aromatic heterocycles. The second-order valence-electron chi connectivity index (χ2n) is 6.47. The Bertz CT molecular complexity index is 579. The molecule has 124 valence electrons. The van der Waals surface area contributed by atoms with Crippen LogP contribution in [0.15, 0.2) is 36.4 Å². The van der Waals surface area contributed by atoms with Crippen molar-refractivity contribution in [1.29, 1.82) is 0 Å². The summed E-state index contributed by atoms with van der Waals surface area (Å²) < 4.78 is 12.9. The molecular formula is C20H28O2Si. The van der Waals surface area contributed by atoms with Crippen LogP contribution in [0.2, 0.25) is 12.1 Å². The van der Waals surface area contributed by atoms with Gasteiger partial charge in [-0.3, -0.25) is 0 Å². The summed E-state index contributed by atoms with van der Waals surface area (Å²) in [4.78, 5) is 0. The molecule has 0 atom stereocenters. The van der Waals surface area contributed by atoms with Crippen LogP contribution < -0.4 is 8.85 Å². The summed E-state index contributed by atoms with van der Waals surface area (Å²) in [5.41, 5.74) is 4.89. The lowest BCUT2D eigenvalue weighted by atomic mass is 10.1. The van der Waals surface area contributed by atoms with E-state index in [1.165, 1.54) is 22.3 Å². The van der Waals surface area contributed by atoms with E-state index in [2.05, 4.69) is 77.9 Å². The molecule has 0 aliphatic carbocycles. The van der Waals surface area contributed by atoms with E-state index in [0.717, 1.165) is 23.6 Å². The van der Waals surface area contributed by atoms with Crippen LogP contribution in [0.25, 0.3) is 0 Å². The van der Waals surface area contributed by atoms with Crippen LogP contribution in [0.4, 0.5) is 0 Å². The molecule has 0 saturated heterocycles. The summed E-state index contributed by atoms with van der Waals surface area (Å²) in [6.07, 6.45) is 0. The third-order valence-electron chi connectivity index (χ3n) is 4.08. The SMILES string of the molecule is CC[Si](CC)(Oc1cc(C)cc(C)c1)Oc1cc(C)cc(C)c1. The van der Waals surface area contributed by atoms with Crippen LogP contribution in [0.3, 0.4) is 0 Å². The highest BCUT2D eigenvalue weighted by Crippen LogP contribution is 2.28. The standard InChI is InChI=1S/C20H28O2Si/c1-7-23(8-2,21-19-11-15(3)9-16(4)12-19)22-20-13-17(5)10-18(6)14-20/h9-14H,7-8H2,1-6H3. The minimum Gasteiger partial charge on any atom is -0.512 e. The van der Waals surface area contributed by atoms with Crippen molar-refractivity contribution in [3.63, 3.8) is 0 Å². The van der Waals surface area contributed by atoms with Gasteiger partial charge in [-0.05, 0) is 74.2 Å². The number of benzene rings is 2. The highest BCUT2D eigenvalue weighted by Gasteiger charge is 2.38. The fourth-order valence-electron chi connectivity index (χ4n) is 2.97. The molecule has 0 spiro atoms. The van der Waals surface area contributed by atoms with Gasteiger partial charge in [-0.2, -0.15) is 0 Å². The molecule has 2 aromatic carbocycles. The Labute approximate surface area is 141 Å². The van der Waals surface area contributed by atoms with E-state index in [1.54, 1.807) is 0 Å². The summed E-state index contributed by atoms with van der Waals surface area (Å²) >= 11 is 0. The first-order chi connectivity index (χ1) is 10.9. The minimum absolute atomic E-state index is 0.920. The molecule has 2 aromatic rings. The lowest BCUT2D eigenvalue weighted by Crippen LogP contribution is -2.47. The maximum absolute atomic E-state index is 6.46. The van der Waals surface area contributed by atoms with Crippen LogP contribution in [-0.4, -0.2) is 8.56 Å².